The second kappa shape index (κ2) is 4.19. The molecule has 0 spiro atoms. The number of aromatic amines is 1. The van der Waals surface area contributed by atoms with Crippen LogP contribution in [0.4, 0.5) is 5.13 Å². The highest BCUT2D eigenvalue weighted by Gasteiger charge is 2.11. The van der Waals surface area contributed by atoms with Gasteiger partial charge in [-0.2, -0.15) is 5.10 Å². The standard InChI is InChI=1S/C11H9N5OS/c1-6-2-3-7-8(4-6)18-11(14-7)15-10(17)9-12-5-13-16-9/h2-5H,1H3,(H,12,13,16)(H,14,15,17). The van der Waals surface area contributed by atoms with E-state index in [2.05, 4.69) is 25.5 Å². The minimum Gasteiger partial charge on any atom is -0.295 e. The fraction of sp³-hybridized carbons (Fsp3) is 0.0909. The lowest BCUT2D eigenvalue weighted by Crippen LogP contribution is -2.13. The molecule has 2 N–H and O–H groups in total. The quantitative estimate of drug-likeness (QED) is 0.737. The number of carbonyl (C=O) groups is 1. The zero-order valence-electron chi connectivity index (χ0n) is 9.47. The van der Waals surface area contributed by atoms with Crippen molar-refractivity contribution in [1.82, 2.24) is 20.2 Å². The van der Waals surface area contributed by atoms with Crippen LogP contribution in [0, 0.1) is 6.92 Å². The van der Waals surface area contributed by atoms with E-state index in [1.165, 1.54) is 23.2 Å². The van der Waals surface area contributed by atoms with Crippen molar-refractivity contribution in [2.45, 2.75) is 6.92 Å². The number of fused-ring (bicyclic) bond motifs is 1. The normalized spacial score (nSPS) is 10.7. The number of amides is 1. The second-order valence-corrected chi connectivity index (χ2v) is 4.81. The Kier molecular flexibility index (Phi) is 2.52. The van der Waals surface area contributed by atoms with Gasteiger partial charge in [0.25, 0.3) is 5.91 Å². The Labute approximate surface area is 106 Å². The summed E-state index contributed by atoms with van der Waals surface area (Å²) in [6, 6.07) is 5.96. The van der Waals surface area contributed by atoms with Crippen LogP contribution in [-0.2, 0) is 0 Å². The maximum Gasteiger partial charge on any atom is 0.294 e. The van der Waals surface area contributed by atoms with Gasteiger partial charge in [0.05, 0.1) is 10.2 Å². The van der Waals surface area contributed by atoms with Crippen LogP contribution in [0.3, 0.4) is 0 Å². The molecular weight excluding hydrogens is 250 g/mol. The summed E-state index contributed by atoms with van der Waals surface area (Å²) in [5.41, 5.74) is 2.04. The van der Waals surface area contributed by atoms with Gasteiger partial charge in [-0.1, -0.05) is 17.4 Å². The third-order valence-corrected chi connectivity index (χ3v) is 3.33. The molecule has 2 heterocycles. The summed E-state index contributed by atoms with van der Waals surface area (Å²) < 4.78 is 1.04. The van der Waals surface area contributed by atoms with E-state index in [-0.39, 0.29) is 11.7 Å². The van der Waals surface area contributed by atoms with Gasteiger partial charge in [-0.05, 0) is 24.6 Å². The number of anilines is 1. The summed E-state index contributed by atoms with van der Waals surface area (Å²) in [5, 5.41) is 9.37. The summed E-state index contributed by atoms with van der Waals surface area (Å²) in [6.45, 7) is 2.02. The predicted octanol–water partition coefficient (Wildman–Crippen LogP) is 1.98. The van der Waals surface area contributed by atoms with Crippen LogP contribution in [-0.4, -0.2) is 26.1 Å². The van der Waals surface area contributed by atoms with Gasteiger partial charge in [-0.15, -0.1) is 0 Å². The van der Waals surface area contributed by atoms with Crippen LogP contribution in [0.2, 0.25) is 0 Å². The first-order valence-corrected chi connectivity index (χ1v) is 6.08. The third-order valence-electron chi connectivity index (χ3n) is 2.39. The van der Waals surface area contributed by atoms with E-state index in [0.717, 1.165) is 10.2 Å². The summed E-state index contributed by atoms with van der Waals surface area (Å²) in [4.78, 5) is 19.8. The van der Waals surface area contributed by atoms with E-state index in [9.17, 15) is 4.79 Å². The Morgan fingerprint density at radius 3 is 3.11 bits per heavy atom. The van der Waals surface area contributed by atoms with Crippen molar-refractivity contribution in [3.63, 3.8) is 0 Å². The minimum atomic E-state index is -0.344. The molecule has 0 radical (unpaired) electrons. The van der Waals surface area contributed by atoms with E-state index in [4.69, 9.17) is 0 Å². The Hall–Kier alpha value is -2.28. The number of benzene rings is 1. The van der Waals surface area contributed by atoms with E-state index < -0.39 is 0 Å². The first-order chi connectivity index (χ1) is 8.72. The molecule has 90 valence electrons. The van der Waals surface area contributed by atoms with Crippen LogP contribution >= 0.6 is 11.3 Å². The average molecular weight is 259 g/mol. The number of aromatic nitrogens is 4. The first-order valence-electron chi connectivity index (χ1n) is 5.26. The molecule has 6 nitrogen and oxygen atoms in total. The Bertz CT molecular complexity index is 703. The van der Waals surface area contributed by atoms with Crippen LogP contribution in [0.25, 0.3) is 10.2 Å². The van der Waals surface area contributed by atoms with E-state index >= 15 is 0 Å². The molecule has 0 bridgehead atoms. The smallest absolute Gasteiger partial charge is 0.294 e. The molecule has 3 rings (SSSR count). The topological polar surface area (TPSA) is 83.6 Å². The molecule has 0 unspecified atom stereocenters. The number of thiazole rings is 1. The lowest BCUT2D eigenvalue weighted by Gasteiger charge is -1.95. The molecule has 1 amide bonds. The third kappa shape index (κ3) is 1.95. The van der Waals surface area contributed by atoms with Crippen molar-refractivity contribution >= 4 is 32.6 Å². The molecule has 1 aromatic carbocycles. The largest absolute Gasteiger partial charge is 0.295 e. The van der Waals surface area contributed by atoms with E-state index in [0.29, 0.717) is 5.13 Å². The summed E-state index contributed by atoms with van der Waals surface area (Å²) in [5.74, 6) is -0.172. The molecule has 0 aliphatic carbocycles. The van der Waals surface area contributed by atoms with Crippen molar-refractivity contribution < 1.29 is 4.79 Å². The van der Waals surface area contributed by atoms with Gasteiger partial charge < -0.3 is 0 Å². The number of aryl methyl sites for hydroxylation is 1. The maximum absolute atomic E-state index is 11.7. The molecule has 0 fully saturated rings. The number of nitrogens with one attached hydrogen (secondary N) is 2. The number of hydrogen-bond acceptors (Lipinski definition) is 5. The minimum absolute atomic E-state index is 0.172. The van der Waals surface area contributed by atoms with Crippen LogP contribution in [0.15, 0.2) is 24.5 Å². The summed E-state index contributed by atoms with van der Waals surface area (Å²) >= 11 is 1.43. The fourth-order valence-corrected chi connectivity index (χ4v) is 2.52. The first kappa shape index (κ1) is 10.8. The van der Waals surface area contributed by atoms with Crippen molar-refractivity contribution in [2.24, 2.45) is 0 Å². The van der Waals surface area contributed by atoms with Gasteiger partial charge in [-0.25, -0.2) is 9.97 Å². The summed E-state index contributed by atoms with van der Waals surface area (Å²) in [6.07, 6.45) is 1.29. The van der Waals surface area contributed by atoms with Gasteiger partial charge in [-0.3, -0.25) is 15.2 Å². The monoisotopic (exact) mass is 259 g/mol. The molecule has 0 atom stereocenters. The number of hydrogen-bond donors (Lipinski definition) is 2. The SMILES string of the molecule is Cc1ccc2nc(NC(=O)c3ncn[nH]3)sc2c1. The lowest BCUT2D eigenvalue weighted by molar-refractivity contribution is 0.101. The van der Waals surface area contributed by atoms with Crippen molar-refractivity contribution in [1.29, 1.82) is 0 Å². The van der Waals surface area contributed by atoms with Crippen LogP contribution in [0.5, 0.6) is 0 Å². The molecule has 0 aliphatic heterocycles. The predicted molar refractivity (Wildman–Crippen MR) is 68.7 cm³/mol. The van der Waals surface area contributed by atoms with Crippen LogP contribution in [0.1, 0.15) is 16.2 Å². The number of H-pyrrole nitrogens is 1. The fourth-order valence-electron chi connectivity index (χ4n) is 1.56. The lowest BCUT2D eigenvalue weighted by atomic mass is 10.2. The molecule has 7 heteroatoms. The van der Waals surface area contributed by atoms with Gasteiger partial charge in [0.1, 0.15) is 6.33 Å². The zero-order chi connectivity index (χ0) is 12.5. The molecule has 0 aliphatic rings. The number of rotatable bonds is 2. The number of nitrogens with zero attached hydrogens (tertiary/aromatic N) is 3. The van der Waals surface area contributed by atoms with Gasteiger partial charge in [0.2, 0.25) is 5.82 Å². The number of carbonyl (C=O) groups excluding carboxylic acids is 1. The molecule has 0 saturated carbocycles. The van der Waals surface area contributed by atoms with Gasteiger partial charge in [0, 0.05) is 0 Å². The molecule has 2 aromatic heterocycles. The highest BCUT2D eigenvalue weighted by atomic mass is 32.1. The highest BCUT2D eigenvalue weighted by Crippen LogP contribution is 2.26. The van der Waals surface area contributed by atoms with E-state index in [1.807, 2.05) is 25.1 Å². The van der Waals surface area contributed by atoms with E-state index in [1.54, 1.807) is 0 Å². The van der Waals surface area contributed by atoms with Gasteiger partial charge in [0.15, 0.2) is 5.13 Å². The van der Waals surface area contributed by atoms with Crippen molar-refractivity contribution in [2.75, 3.05) is 5.32 Å². The molecular formula is C11H9N5OS. The Morgan fingerprint density at radius 2 is 2.33 bits per heavy atom. The Morgan fingerprint density at radius 1 is 1.44 bits per heavy atom. The van der Waals surface area contributed by atoms with Crippen molar-refractivity contribution in [3.8, 4) is 0 Å². The average Bonchev–Trinajstić information content (AvgIpc) is 2.95. The Balaban J connectivity index is 1.89. The summed E-state index contributed by atoms with van der Waals surface area (Å²) in [7, 11) is 0. The maximum atomic E-state index is 11.7. The zero-order valence-corrected chi connectivity index (χ0v) is 10.3. The van der Waals surface area contributed by atoms with Crippen molar-refractivity contribution in [3.05, 3.63) is 35.9 Å². The highest BCUT2D eigenvalue weighted by molar-refractivity contribution is 7.22. The molecule has 0 saturated heterocycles. The van der Waals surface area contributed by atoms with Crippen LogP contribution < -0.4 is 5.32 Å². The van der Waals surface area contributed by atoms with Gasteiger partial charge >= 0.3 is 0 Å². The second-order valence-electron chi connectivity index (χ2n) is 3.78. The molecule has 3 aromatic rings. The molecule has 18 heavy (non-hydrogen) atoms.